The number of ether oxygens (including phenoxy) is 4. The van der Waals surface area contributed by atoms with E-state index in [1.165, 1.54) is 60.1 Å². The molecule has 15 nitrogen and oxygen atoms in total. The molecule has 9 atom stereocenters. The summed E-state index contributed by atoms with van der Waals surface area (Å²) in [5, 5.41) is 59.6. The summed E-state index contributed by atoms with van der Waals surface area (Å²) in [5.74, 6) is -8.13. The number of methoxy groups -OCH3 is 1. The number of nitrogens with one attached hydrogen (secondary N) is 1. The summed E-state index contributed by atoms with van der Waals surface area (Å²) >= 11 is 0. The Bertz CT molecular complexity index is 2290. The lowest BCUT2D eigenvalue weighted by atomic mass is 9.78. The third kappa shape index (κ3) is 7.84. The van der Waals surface area contributed by atoms with Gasteiger partial charge in [-0.2, -0.15) is 0 Å². The van der Waals surface area contributed by atoms with E-state index in [-0.39, 0.29) is 61.9 Å². The molecule has 3 aromatic rings. The summed E-state index contributed by atoms with van der Waals surface area (Å²) in [5.41, 5.74) is 0.591. The van der Waals surface area contributed by atoms with Crippen molar-refractivity contribution in [3.63, 3.8) is 0 Å². The SMILES string of the molecule is COC1C=COC2(C)Oc3c(C)c(O)c4c(O)c(c5c(C(C)=O)c(C)n(CCO)c5c4c3C2=O)NC(=O)C(C)=CC=CC(C)C(O)C(C)C(O)C(C)C(OC(C)=O)C1C. The van der Waals surface area contributed by atoms with Crippen molar-refractivity contribution in [3.8, 4) is 17.2 Å². The first-order valence-electron chi connectivity index (χ1n) is 19.6. The van der Waals surface area contributed by atoms with Crippen LogP contribution in [0.15, 0.2) is 36.1 Å². The first-order chi connectivity index (χ1) is 27.6. The number of aliphatic hydroxyl groups is 3. The number of amides is 1. The zero-order chi connectivity index (χ0) is 44.0. The maximum Gasteiger partial charge on any atom is 0.312 e. The molecule has 2 aliphatic rings. The van der Waals surface area contributed by atoms with Crippen molar-refractivity contribution in [1.29, 1.82) is 0 Å². The van der Waals surface area contributed by atoms with Crippen LogP contribution in [0, 0.1) is 37.5 Å². The second-order valence-electron chi connectivity index (χ2n) is 16.0. The van der Waals surface area contributed by atoms with Gasteiger partial charge in [0.2, 0.25) is 0 Å². The molecule has 6 N–H and O–H groups in total. The van der Waals surface area contributed by atoms with E-state index in [4.69, 9.17) is 18.9 Å². The van der Waals surface area contributed by atoms with E-state index in [9.17, 15) is 44.7 Å². The second kappa shape index (κ2) is 17.2. The highest BCUT2D eigenvalue weighted by Gasteiger charge is 2.50. The summed E-state index contributed by atoms with van der Waals surface area (Å²) in [6.45, 7) is 15.0. The summed E-state index contributed by atoms with van der Waals surface area (Å²) in [6.07, 6.45) is 3.51. The minimum absolute atomic E-state index is 0.00513. The number of nitrogens with zero attached hydrogens (tertiary/aromatic N) is 1. The van der Waals surface area contributed by atoms with Gasteiger partial charge in [-0.3, -0.25) is 19.2 Å². The molecular weight excluding hydrogens is 764 g/mol. The van der Waals surface area contributed by atoms with E-state index < -0.39 is 95.4 Å². The number of carbonyl (C=O) groups excluding carboxylic acids is 4. The average molecular weight is 821 g/mol. The Kier molecular flexibility index (Phi) is 13.1. The van der Waals surface area contributed by atoms with Crippen LogP contribution in [0.5, 0.6) is 17.2 Å². The molecule has 4 bridgehead atoms. The fourth-order valence-corrected chi connectivity index (χ4v) is 8.53. The molecule has 0 radical (unpaired) electrons. The van der Waals surface area contributed by atoms with E-state index in [0.717, 1.165) is 0 Å². The molecule has 0 spiro atoms. The number of carbonyl (C=O) groups is 4. The van der Waals surface area contributed by atoms with Crippen molar-refractivity contribution in [1.82, 2.24) is 4.57 Å². The van der Waals surface area contributed by atoms with E-state index >= 15 is 0 Å². The first-order valence-corrected chi connectivity index (χ1v) is 19.6. The van der Waals surface area contributed by atoms with Gasteiger partial charge in [-0.25, -0.2) is 0 Å². The van der Waals surface area contributed by atoms with Gasteiger partial charge >= 0.3 is 11.8 Å². The Morgan fingerprint density at radius 1 is 0.932 bits per heavy atom. The Hall–Kier alpha value is -5.22. The maximum absolute atomic E-state index is 14.7. The number of phenolic OH excluding ortho intramolecular Hbond substituents is 2. The number of Topliss-reactive ketones (excluding diaryl/α,β-unsaturated/α-hetero) is 2. The number of allylic oxidation sites excluding steroid dienone is 2. The van der Waals surface area contributed by atoms with Crippen LogP contribution in [0.25, 0.3) is 21.7 Å². The fraction of sp³-hybridized carbons (Fsp3) is 0.500. The van der Waals surface area contributed by atoms with E-state index in [1.54, 1.807) is 51.3 Å². The normalized spacial score (nSPS) is 28.1. The van der Waals surface area contributed by atoms with Crippen molar-refractivity contribution in [2.45, 2.75) is 106 Å². The van der Waals surface area contributed by atoms with Gasteiger partial charge in [0.05, 0.1) is 53.3 Å². The summed E-state index contributed by atoms with van der Waals surface area (Å²) < 4.78 is 25.4. The summed E-state index contributed by atoms with van der Waals surface area (Å²) in [6, 6.07) is 0. The molecule has 59 heavy (non-hydrogen) atoms. The third-order valence-electron chi connectivity index (χ3n) is 12.0. The van der Waals surface area contributed by atoms with Gasteiger partial charge in [-0.05, 0) is 33.8 Å². The molecular formula is C44H56N2O13. The molecule has 320 valence electrons. The summed E-state index contributed by atoms with van der Waals surface area (Å²) in [4.78, 5) is 54.3. The predicted octanol–water partition coefficient (Wildman–Crippen LogP) is 5.51. The van der Waals surface area contributed by atoms with E-state index in [0.29, 0.717) is 5.69 Å². The van der Waals surface area contributed by atoms with Gasteiger partial charge < -0.3 is 54.4 Å². The molecule has 5 rings (SSSR count). The number of benzene rings is 2. The third-order valence-corrected chi connectivity index (χ3v) is 12.0. The zero-order valence-corrected chi connectivity index (χ0v) is 35.4. The summed E-state index contributed by atoms with van der Waals surface area (Å²) in [7, 11) is 1.43. The standard InChI is InChI=1S/C44H56N2O13/c1-19-13-12-14-20(2)43(55)45-34-31-29(26(8)48)25(7)46(16-17-47)35(31)30-32(39(34)53)38(52)24(6)41-33(30)42(54)44(10,59-41)57-18-15-28(56-11)21(3)40(58-27(9)49)23(5)37(51)22(4)36(19)50/h12-15,18-19,21-23,28,36-37,40,47,50-53H,16-17H2,1-11H3,(H,45,55). The molecule has 15 heteroatoms. The lowest BCUT2D eigenvalue weighted by Crippen LogP contribution is -2.46. The molecule has 3 heterocycles. The number of aliphatic hydroxyl groups excluding tert-OH is 3. The molecule has 0 fully saturated rings. The minimum atomic E-state index is -2.04. The highest BCUT2D eigenvalue weighted by Crippen LogP contribution is 2.55. The first kappa shape index (κ1) is 44.9. The number of esters is 1. The van der Waals surface area contributed by atoms with Crippen molar-refractivity contribution >= 4 is 50.8 Å². The van der Waals surface area contributed by atoms with Crippen LogP contribution in [-0.4, -0.2) is 97.5 Å². The molecule has 1 aromatic heterocycles. The monoisotopic (exact) mass is 820 g/mol. The van der Waals surface area contributed by atoms with Crippen LogP contribution in [0.4, 0.5) is 5.69 Å². The molecule has 2 aromatic carbocycles. The van der Waals surface area contributed by atoms with Crippen molar-refractivity contribution in [2.75, 3.05) is 19.0 Å². The number of anilines is 1. The number of hydrogen-bond donors (Lipinski definition) is 6. The highest BCUT2D eigenvalue weighted by molar-refractivity contribution is 6.31. The Morgan fingerprint density at radius 2 is 1.59 bits per heavy atom. The van der Waals surface area contributed by atoms with Crippen LogP contribution in [0.3, 0.4) is 0 Å². The molecule has 1 amide bonds. The van der Waals surface area contributed by atoms with Crippen molar-refractivity contribution in [3.05, 3.63) is 58.5 Å². The van der Waals surface area contributed by atoms with Gasteiger partial charge in [0.15, 0.2) is 11.5 Å². The number of aromatic hydroxyl groups is 2. The van der Waals surface area contributed by atoms with Crippen LogP contribution >= 0.6 is 0 Å². The molecule has 9 unspecified atom stereocenters. The van der Waals surface area contributed by atoms with Gasteiger partial charge in [0.1, 0.15) is 17.6 Å². The maximum atomic E-state index is 14.7. The molecule has 0 saturated heterocycles. The van der Waals surface area contributed by atoms with Crippen LogP contribution in [0.1, 0.15) is 87.4 Å². The van der Waals surface area contributed by atoms with Crippen LogP contribution < -0.4 is 10.1 Å². The predicted molar refractivity (Wildman–Crippen MR) is 219 cm³/mol. The lowest BCUT2D eigenvalue weighted by Gasteiger charge is -2.38. The molecule has 0 aliphatic carbocycles. The number of hydrogen-bond acceptors (Lipinski definition) is 13. The topological polar surface area (TPSA) is 223 Å². The minimum Gasteiger partial charge on any atom is -0.507 e. The number of aromatic nitrogens is 1. The number of ketones is 2. The number of phenols is 2. The van der Waals surface area contributed by atoms with Crippen molar-refractivity contribution < 1.29 is 63.7 Å². The lowest BCUT2D eigenvalue weighted by molar-refractivity contribution is -0.160. The number of rotatable bonds is 5. The van der Waals surface area contributed by atoms with Gasteiger partial charge in [-0.1, -0.05) is 45.9 Å². The van der Waals surface area contributed by atoms with Crippen LogP contribution in [0.2, 0.25) is 0 Å². The van der Waals surface area contributed by atoms with Gasteiger partial charge in [-0.15, -0.1) is 0 Å². The van der Waals surface area contributed by atoms with Crippen LogP contribution in [-0.2, 0) is 30.3 Å². The Labute approximate surface area is 342 Å². The largest absolute Gasteiger partial charge is 0.507 e. The smallest absolute Gasteiger partial charge is 0.312 e. The number of fused-ring (bicyclic) bond motifs is 1. The van der Waals surface area contributed by atoms with E-state index in [1.807, 2.05) is 0 Å². The quantitative estimate of drug-likeness (QED) is 0.106. The van der Waals surface area contributed by atoms with Crippen molar-refractivity contribution in [2.24, 2.45) is 23.7 Å². The molecule has 0 saturated carbocycles. The second-order valence-corrected chi connectivity index (χ2v) is 16.0. The Morgan fingerprint density at radius 3 is 2.19 bits per heavy atom. The van der Waals surface area contributed by atoms with Gasteiger partial charge in [0, 0.05) is 84.3 Å². The van der Waals surface area contributed by atoms with E-state index in [2.05, 4.69) is 5.32 Å². The van der Waals surface area contributed by atoms with Gasteiger partial charge in [0.25, 0.3) is 11.7 Å². The zero-order valence-electron chi connectivity index (χ0n) is 35.4. The molecule has 2 aliphatic heterocycles. The highest BCUT2D eigenvalue weighted by atomic mass is 16.7. The Balaban J connectivity index is 1.82. The average Bonchev–Trinajstić information content (AvgIpc) is 3.62. The fourth-order valence-electron chi connectivity index (χ4n) is 8.53.